The van der Waals surface area contributed by atoms with Gasteiger partial charge in [0.1, 0.15) is 0 Å². The van der Waals surface area contributed by atoms with Crippen LogP contribution in [0, 0.1) is 0 Å². The number of ketones is 1. The van der Waals surface area contributed by atoms with Crippen LogP contribution in [-0.2, 0) is 9.84 Å². The summed E-state index contributed by atoms with van der Waals surface area (Å²) in [6.45, 7) is 1.46. The largest absolute Gasteiger partial charge is 0.354 e. The van der Waals surface area contributed by atoms with Crippen molar-refractivity contribution >= 4 is 33.0 Å². The van der Waals surface area contributed by atoms with Crippen molar-refractivity contribution in [1.82, 2.24) is 10.2 Å². The normalized spacial score (nSPS) is 18.1. The Morgan fingerprint density at radius 1 is 1.19 bits per heavy atom. The molecule has 8 nitrogen and oxygen atoms in total. The van der Waals surface area contributed by atoms with Crippen LogP contribution in [0.2, 0.25) is 0 Å². The summed E-state index contributed by atoms with van der Waals surface area (Å²) in [7, 11) is -1.23. The molecular formula is C18H20N4O4S. The minimum absolute atomic E-state index is 0.0905. The van der Waals surface area contributed by atoms with E-state index in [1.54, 1.807) is 42.3 Å². The van der Waals surface area contributed by atoms with Gasteiger partial charge in [0.15, 0.2) is 27.1 Å². The fraction of sp³-hybridized carbons (Fsp3) is 0.333. The molecule has 0 bridgehead atoms. The number of carbonyl (C=O) groups is 2. The highest BCUT2D eigenvalue weighted by atomic mass is 32.2. The molecule has 0 aliphatic carbocycles. The monoisotopic (exact) mass is 388 g/mol. The molecule has 2 heterocycles. The molecule has 1 aromatic carbocycles. The van der Waals surface area contributed by atoms with Gasteiger partial charge in [-0.3, -0.25) is 9.59 Å². The molecule has 2 aromatic rings. The van der Waals surface area contributed by atoms with Crippen LogP contribution in [0.25, 0.3) is 0 Å². The number of benzene rings is 1. The van der Waals surface area contributed by atoms with Crippen LogP contribution >= 0.6 is 0 Å². The van der Waals surface area contributed by atoms with Crippen LogP contribution in [0.5, 0.6) is 0 Å². The van der Waals surface area contributed by atoms with Crippen LogP contribution in [0.15, 0.2) is 36.4 Å². The van der Waals surface area contributed by atoms with Crippen molar-refractivity contribution in [3.63, 3.8) is 0 Å². The number of rotatable bonds is 5. The molecule has 1 saturated heterocycles. The average Bonchev–Trinajstić information content (AvgIpc) is 3.01. The Hall–Kier alpha value is -2.81. The fourth-order valence-corrected chi connectivity index (χ4v) is 4.69. The number of carbonyl (C=O) groups excluding carboxylic acids is 2. The summed E-state index contributed by atoms with van der Waals surface area (Å²) in [5.41, 5.74) is 1.12. The first kappa shape index (κ1) is 19.0. The van der Waals surface area contributed by atoms with Gasteiger partial charge >= 0.3 is 0 Å². The van der Waals surface area contributed by atoms with Crippen molar-refractivity contribution in [3.8, 4) is 0 Å². The minimum Gasteiger partial charge on any atom is -0.354 e. The van der Waals surface area contributed by atoms with E-state index >= 15 is 0 Å². The van der Waals surface area contributed by atoms with Gasteiger partial charge < -0.3 is 10.2 Å². The van der Waals surface area contributed by atoms with Crippen LogP contribution in [0.1, 0.15) is 34.2 Å². The first-order chi connectivity index (χ1) is 12.7. The molecule has 1 fully saturated rings. The topological polar surface area (TPSA) is 109 Å². The lowest BCUT2D eigenvalue weighted by Crippen LogP contribution is -2.33. The van der Waals surface area contributed by atoms with Gasteiger partial charge in [0.2, 0.25) is 0 Å². The van der Waals surface area contributed by atoms with Crippen molar-refractivity contribution in [2.75, 3.05) is 28.8 Å². The van der Waals surface area contributed by atoms with Crippen molar-refractivity contribution in [2.24, 2.45) is 0 Å². The molecule has 0 saturated carbocycles. The predicted octanol–water partition coefficient (Wildman–Crippen LogP) is 1.55. The molecule has 1 aromatic heterocycles. The molecule has 1 N–H and O–H groups in total. The van der Waals surface area contributed by atoms with Gasteiger partial charge in [-0.2, -0.15) is 0 Å². The molecule has 1 unspecified atom stereocenters. The van der Waals surface area contributed by atoms with E-state index in [0.29, 0.717) is 23.5 Å². The van der Waals surface area contributed by atoms with Gasteiger partial charge in [0.05, 0.1) is 11.5 Å². The third-order valence-corrected chi connectivity index (χ3v) is 6.28. The third kappa shape index (κ3) is 4.48. The number of sulfone groups is 1. The molecule has 1 aliphatic rings. The van der Waals surface area contributed by atoms with E-state index in [4.69, 9.17) is 0 Å². The van der Waals surface area contributed by atoms with Gasteiger partial charge in [0, 0.05) is 24.3 Å². The quantitative estimate of drug-likeness (QED) is 0.774. The summed E-state index contributed by atoms with van der Waals surface area (Å²) in [6, 6.07) is 9.66. The second-order valence-electron chi connectivity index (χ2n) is 6.54. The van der Waals surface area contributed by atoms with E-state index in [-0.39, 0.29) is 29.0 Å². The molecule has 142 valence electrons. The Bertz CT molecular complexity index is 973. The minimum atomic E-state index is -2.99. The summed E-state index contributed by atoms with van der Waals surface area (Å²) in [5, 5.41) is 10.7. The Balaban J connectivity index is 1.69. The standard InChI is InChI=1S/C18H20N4O4S/c1-12(23)13-4-3-5-14(10-13)19-18(24)16-6-7-17(21-20-16)22(2)15-8-9-27(25,26)11-15/h3-7,10,15H,8-9,11H2,1-2H3,(H,19,24). The second kappa shape index (κ2) is 7.43. The van der Waals surface area contributed by atoms with E-state index in [1.807, 2.05) is 0 Å². The Labute approximate surface area is 157 Å². The summed E-state index contributed by atoms with van der Waals surface area (Å²) in [4.78, 5) is 25.5. The zero-order valence-corrected chi connectivity index (χ0v) is 15.9. The highest BCUT2D eigenvalue weighted by molar-refractivity contribution is 7.91. The first-order valence-corrected chi connectivity index (χ1v) is 10.3. The van der Waals surface area contributed by atoms with Gasteiger partial charge in [-0.25, -0.2) is 8.42 Å². The number of hydrogen-bond acceptors (Lipinski definition) is 7. The predicted molar refractivity (Wildman–Crippen MR) is 102 cm³/mol. The summed E-state index contributed by atoms with van der Waals surface area (Å²) in [5.74, 6) is 0.245. The number of nitrogens with one attached hydrogen (secondary N) is 1. The maximum absolute atomic E-state index is 12.3. The number of Topliss-reactive ketones (excluding diaryl/α,β-unsaturated/α-hetero) is 1. The lowest BCUT2D eigenvalue weighted by atomic mass is 10.1. The number of hydrogen-bond donors (Lipinski definition) is 1. The van der Waals surface area contributed by atoms with Gasteiger partial charge in [-0.15, -0.1) is 10.2 Å². The van der Waals surface area contributed by atoms with E-state index in [0.717, 1.165) is 0 Å². The zero-order chi connectivity index (χ0) is 19.6. The highest BCUT2D eigenvalue weighted by Crippen LogP contribution is 2.21. The van der Waals surface area contributed by atoms with Crippen molar-refractivity contribution in [2.45, 2.75) is 19.4 Å². The molecule has 3 rings (SSSR count). The smallest absolute Gasteiger partial charge is 0.276 e. The van der Waals surface area contributed by atoms with Gasteiger partial charge in [0.25, 0.3) is 5.91 Å². The molecule has 0 spiro atoms. The maximum Gasteiger partial charge on any atom is 0.276 e. The first-order valence-electron chi connectivity index (χ1n) is 8.44. The Morgan fingerprint density at radius 2 is 1.96 bits per heavy atom. The second-order valence-corrected chi connectivity index (χ2v) is 8.76. The van der Waals surface area contributed by atoms with Gasteiger partial charge in [-0.1, -0.05) is 12.1 Å². The molecule has 1 aliphatic heterocycles. The zero-order valence-electron chi connectivity index (χ0n) is 15.0. The average molecular weight is 388 g/mol. The van der Waals surface area contributed by atoms with Gasteiger partial charge in [-0.05, 0) is 37.6 Å². The van der Waals surface area contributed by atoms with Crippen molar-refractivity contribution in [3.05, 3.63) is 47.7 Å². The summed E-state index contributed by atoms with van der Waals surface area (Å²) < 4.78 is 23.2. The lowest BCUT2D eigenvalue weighted by molar-refractivity contribution is 0.100. The lowest BCUT2D eigenvalue weighted by Gasteiger charge is -2.23. The Kier molecular flexibility index (Phi) is 5.22. The van der Waals surface area contributed by atoms with E-state index in [1.165, 1.54) is 13.0 Å². The number of anilines is 2. The molecule has 0 radical (unpaired) electrons. The Morgan fingerprint density at radius 3 is 2.56 bits per heavy atom. The third-order valence-electron chi connectivity index (χ3n) is 4.53. The van der Waals surface area contributed by atoms with E-state index in [9.17, 15) is 18.0 Å². The van der Waals surface area contributed by atoms with E-state index in [2.05, 4.69) is 15.5 Å². The fourth-order valence-electron chi connectivity index (χ4n) is 2.91. The molecule has 1 atom stereocenters. The number of amides is 1. The molecular weight excluding hydrogens is 368 g/mol. The van der Waals surface area contributed by atoms with Crippen LogP contribution in [0.3, 0.4) is 0 Å². The van der Waals surface area contributed by atoms with Crippen LogP contribution in [0.4, 0.5) is 11.5 Å². The SMILES string of the molecule is CC(=O)c1cccc(NC(=O)c2ccc(N(C)C3CCS(=O)(=O)C3)nn2)c1. The molecule has 1 amide bonds. The van der Waals surface area contributed by atoms with Crippen LogP contribution < -0.4 is 10.2 Å². The molecule has 9 heteroatoms. The van der Waals surface area contributed by atoms with Crippen molar-refractivity contribution < 1.29 is 18.0 Å². The van der Waals surface area contributed by atoms with Crippen molar-refractivity contribution in [1.29, 1.82) is 0 Å². The number of nitrogens with zero attached hydrogens (tertiary/aromatic N) is 3. The summed E-state index contributed by atoms with van der Waals surface area (Å²) in [6.07, 6.45) is 0.551. The number of aromatic nitrogens is 2. The van der Waals surface area contributed by atoms with Crippen LogP contribution in [-0.4, -0.2) is 54.9 Å². The maximum atomic E-state index is 12.3. The van der Waals surface area contributed by atoms with E-state index < -0.39 is 15.7 Å². The highest BCUT2D eigenvalue weighted by Gasteiger charge is 2.31. The summed E-state index contributed by atoms with van der Waals surface area (Å²) >= 11 is 0. The molecule has 27 heavy (non-hydrogen) atoms.